The molecule has 1 N–H and O–H groups in total. The average molecular weight is 272 g/mol. The monoisotopic (exact) mass is 271 g/mol. The van der Waals surface area contributed by atoms with Gasteiger partial charge < -0.3 is 10.1 Å². The van der Waals surface area contributed by atoms with Crippen LogP contribution in [-0.2, 0) is 0 Å². The molecule has 0 aliphatic carbocycles. The molecule has 1 rings (SSSR count). The van der Waals surface area contributed by atoms with E-state index in [2.05, 4.69) is 29.1 Å². The minimum absolute atomic E-state index is 0.311. The second-order valence-electron chi connectivity index (χ2n) is 4.56. The SMILES string of the molecule is CCOc1ncnc(NC(CCCl)C(C)C)c1C. The predicted octanol–water partition coefficient (Wildman–Crippen LogP) is 3.25. The Morgan fingerprint density at radius 2 is 2.11 bits per heavy atom. The number of hydrogen-bond donors (Lipinski definition) is 1. The maximum absolute atomic E-state index is 5.83. The molecule has 4 nitrogen and oxygen atoms in total. The predicted molar refractivity (Wildman–Crippen MR) is 75.5 cm³/mol. The molecule has 0 radical (unpaired) electrons. The number of halogens is 1. The second kappa shape index (κ2) is 7.41. The zero-order valence-electron chi connectivity index (χ0n) is 11.5. The van der Waals surface area contributed by atoms with Crippen LogP contribution >= 0.6 is 11.6 Å². The molecule has 0 bridgehead atoms. The molecule has 1 aromatic heterocycles. The van der Waals surface area contributed by atoms with E-state index in [1.165, 1.54) is 6.33 Å². The zero-order chi connectivity index (χ0) is 13.5. The third kappa shape index (κ3) is 4.02. The number of hydrogen-bond acceptors (Lipinski definition) is 4. The van der Waals surface area contributed by atoms with E-state index in [0.717, 1.165) is 17.8 Å². The molecule has 18 heavy (non-hydrogen) atoms. The fraction of sp³-hybridized carbons (Fsp3) is 0.692. The smallest absolute Gasteiger partial charge is 0.221 e. The first-order chi connectivity index (χ1) is 8.60. The van der Waals surface area contributed by atoms with Crippen molar-refractivity contribution in [1.82, 2.24) is 9.97 Å². The van der Waals surface area contributed by atoms with Gasteiger partial charge in [-0.25, -0.2) is 9.97 Å². The fourth-order valence-electron chi connectivity index (χ4n) is 1.73. The summed E-state index contributed by atoms with van der Waals surface area (Å²) in [5.41, 5.74) is 0.944. The summed E-state index contributed by atoms with van der Waals surface area (Å²) in [6.07, 6.45) is 2.44. The first-order valence-corrected chi connectivity index (χ1v) is 6.90. The largest absolute Gasteiger partial charge is 0.478 e. The minimum atomic E-state index is 0.311. The number of nitrogens with one attached hydrogen (secondary N) is 1. The van der Waals surface area contributed by atoms with Crippen molar-refractivity contribution in [3.05, 3.63) is 11.9 Å². The van der Waals surface area contributed by atoms with Gasteiger partial charge in [-0.1, -0.05) is 13.8 Å². The summed E-state index contributed by atoms with van der Waals surface area (Å²) < 4.78 is 5.46. The maximum atomic E-state index is 5.83. The average Bonchev–Trinajstić information content (AvgIpc) is 2.33. The van der Waals surface area contributed by atoms with Crippen LogP contribution in [0.3, 0.4) is 0 Å². The number of rotatable bonds is 7. The first kappa shape index (κ1) is 15.0. The van der Waals surface area contributed by atoms with Crippen LogP contribution < -0.4 is 10.1 Å². The first-order valence-electron chi connectivity index (χ1n) is 6.37. The van der Waals surface area contributed by atoms with Crippen molar-refractivity contribution >= 4 is 17.4 Å². The number of nitrogens with zero attached hydrogens (tertiary/aromatic N) is 2. The normalized spacial score (nSPS) is 12.6. The lowest BCUT2D eigenvalue weighted by atomic mass is 10.0. The topological polar surface area (TPSA) is 47.0 Å². The van der Waals surface area contributed by atoms with E-state index in [0.29, 0.717) is 30.3 Å². The van der Waals surface area contributed by atoms with Gasteiger partial charge in [-0.15, -0.1) is 11.6 Å². The van der Waals surface area contributed by atoms with Gasteiger partial charge in [0.05, 0.1) is 12.2 Å². The van der Waals surface area contributed by atoms with Gasteiger partial charge >= 0.3 is 0 Å². The van der Waals surface area contributed by atoms with Crippen molar-refractivity contribution < 1.29 is 4.74 Å². The standard InChI is InChI=1S/C13H22ClN3O/c1-5-18-13-10(4)12(15-8-16-13)17-11(6-7-14)9(2)3/h8-9,11H,5-7H2,1-4H3,(H,15,16,17). The lowest BCUT2D eigenvalue weighted by molar-refractivity contribution is 0.323. The summed E-state index contributed by atoms with van der Waals surface area (Å²) in [4.78, 5) is 8.41. The molecule has 0 aromatic carbocycles. The number of ether oxygens (including phenoxy) is 1. The molecule has 0 aliphatic rings. The molecule has 1 unspecified atom stereocenters. The van der Waals surface area contributed by atoms with Crippen molar-refractivity contribution in [2.75, 3.05) is 17.8 Å². The molecule has 0 spiro atoms. The van der Waals surface area contributed by atoms with Gasteiger partial charge in [-0.3, -0.25) is 0 Å². The quantitative estimate of drug-likeness (QED) is 0.774. The van der Waals surface area contributed by atoms with Crippen LogP contribution in [0, 0.1) is 12.8 Å². The molecular formula is C13H22ClN3O. The van der Waals surface area contributed by atoms with Gasteiger partial charge in [0.25, 0.3) is 0 Å². The van der Waals surface area contributed by atoms with E-state index in [1.54, 1.807) is 0 Å². The lowest BCUT2D eigenvalue weighted by Gasteiger charge is -2.23. The van der Waals surface area contributed by atoms with Crippen molar-refractivity contribution in [2.24, 2.45) is 5.92 Å². The highest BCUT2D eigenvalue weighted by Crippen LogP contribution is 2.23. The van der Waals surface area contributed by atoms with Gasteiger partial charge in [-0.2, -0.15) is 0 Å². The highest BCUT2D eigenvalue weighted by atomic mass is 35.5. The Morgan fingerprint density at radius 3 is 2.67 bits per heavy atom. The molecule has 0 amide bonds. The minimum Gasteiger partial charge on any atom is -0.478 e. The number of anilines is 1. The van der Waals surface area contributed by atoms with E-state index in [-0.39, 0.29) is 0 Å². The van der Waals surface area contributed by atoms with Crippen LogP contribution in [-0.4, -0.2) is 28.5 Å². The second-order valence-corrected chi connectivity index (χ2v) is 4.94. The van der Waals surface area contributed by atoms with E-state index in [9.17, 15) is 0 Å². The van der Waals surface area contributed by atoms with E-state index in [1.807, 2.05) is 13.8 Å². The van der Waals surface area contributed by atoms with Gasteiger partial charge in [-0.05, 0) is 26.2 Å². The molecule has 1 atom stereocenters. The number of aromatic nitrogens is 2. The molecule has 0 saturated carbocycles. The van der Waals surface area contributed by atoms with Crippen LogP contribution in [0.4, 0.5) is 5.82 Å². The highest BCUT2D eigenvalue weighted by Gasteiger charge is 2.16. The van der Waals surface area contributed by atoms with Gasteiger partial charge in [0.2, 0.25) is 5.88 Å². The Bertz CT molecular complexity index is 371. The van der Waals surface area contributed by atoms with Crippen LogP contribution in [0.2, 0.25) is 0 Å². The summed E-state index contributed by atoms with van der Waals surface area (Å²) >= 11 is 5.83. The third-order valence-electron chi connectivity index (χ3n) is 2.87. The fourth-order valence-corrected chi connectivity index (χ4v) is 1.96. The van der Waals surface area contributed by atoms with Crippen LogP contribution in [0.5, 0.6) is 5.88 Å². The Labute approximate surface area is 114 Å². The molecule has 102 valence electrons. The number of alkyl halides is 1. The van der Waals surface area contributed by atoms with Gasteiger partial charge in [0, 0.05) is 11.9 Å². The maximum Gasteiger partial charge on any atom is 0.221 e. The van der Waals surface area contributed by atoms with Crippen molar-refractivity contribution in [1.29, 1.82) is 0 Å². The molecule has 0 saturated heterocycles. The van der Waals surface area contributed by atoms with Gasteiger partial charge in [0.1, 0.15) is 12.1 Å². The van der Waals surface area contributed by atoms with E-state index >= 15 is 0 Å². The summed E-state index contributed by atoms with van der Waals surface area (Å²) in [6, 6.07) is 0.311. The molecule has 0 fully saturated rings. The lowest BCUT2D eigenvalue weighted by Crippen LogP contribution is -2.27. The third-order valence-corrected chi connectivity index (χ3v) is 3.08. The van der Waals surface area contributed by atoms with Crippen LogP contribution in [0.1, 0.15) is 32.8 Å². The van der Waals surface area contributed by atoms with Crippen LogP contribution in [0.15, 0.2) is 6.33 Å². The highest BCUT2D eigenvalue weighted by molar-refractivity contribution is 6.17. The molecule has 1 aromatic rings. The molecule has 5 heteroatoms. The van der Waals surface area contributed by atoms with Crippen molar-refractivity contribution in [3.63, 3.8) is 0 Å². The molecule has 0 aliphatic heterocycles. The van der Waals surface area contributed by atoms with Crippen LogP contribution in [0.25, 0.3) is 0 Å². The van der Waals surface area contributed by atoms with E-state index in [4.69, 9.17) is 16.3 Å². The molecule has 1 heterocycles. The summed E-state index contributed by atoms with van der Waals surface area (Å²) in [5.74, 6) is 2.60. The zero-order valence-corrected chi connectivity index (χ0v) is 12.3. The summed E-state index contributed by atoms with van der Waals surface area (Å²) in [5, 5.41) is 3.43. The van der Waals surface area contributed by atoms with Crippen molar-refractivity contribution in [2.45, 2.75) is 40.2 Å². The van der Waals surface area contributed by atoms with Crippen molar-refractivity contribution in [3.8, 4) is 5.88 Å². The Balaban J connectivity index is 2.85. The van der Waals surface area contributed by atoms with Gasteiger partial charge in [0.15, 0.2) is 0 Å². The Hall–Kier alpha value is -1.03. The summed E-state index contributed by atoms with van der Waals surface area (Å²) in [6.45, 7) is 8.85. The molecular weight excluding hydrogens is 250 g/mol. The Morgan fingerprint density at radius 1 is 1.39 bits per heavy atom. The van der Waals surface area contributed by atoms with E-state index < -0.39 is 0 Å². The Kier molecular flexibility index (Phi) is 6.19. The summed E-state index contributed by atoms with van der Waals surface area (Å²) in [7, 11) is 0.